The number of H-pyrrole nitrogens is 1. The van der Waals surface area contributed by atoms with Crippen LogP contribution in [0.5, 0.6) is 5.75 Å². The quantitative estimate of drug-likeness (QED) is 0.264. The van der Waals surface area contributed by atoms with E-state index in [1.807, 2.05) is 26.0 Å². The van der Waals surface area contributed by atoms with Crippen molar-refractivity contribution in [3.63, 3.8) is 0 Å². The zero-order valence-electron chi connectivity index (χ0n) is 22.5. The molecule has 0 bridgehead atoms. The summed E-state index contributed by atoms with van der Waals surface area (Å²) in [6.45, 7) is 17.6. The number of anilines is 1. The highest BCUT2D eigenvalue weighted by Crippen LogP contribution is 2.32. The molecule has 6 heteroatoms. The second-order valence-corrected chi connectivity index (χ2v) is 7.84. The number of ether oxygens (including phenoxy) is 2. The summed E-state index contributed by atoms with van der Waals surface area (Å²) in [6, 6.07) is 8.15. The average Bonchev–Trinajstić information content (AvgIpc) is 3.22. The van der Waals surface area contributed by atoms with Gasteiger partial charge in [0.15, 0.2) is 0 Å². The summed E-state index contributed by atoms with van der Waals surface area (Å²) in [5.41, 5.74) is 4.12. The number of unbranched alkanes of at least 4 members (excludes halogenated alkanes) is 2. The summed E-state index contributed by atoms with van der Waals surface area (Å²) in [5, 5.41) is 4.39. The lowest BCUT2D eigenvalue weighted by atomic mass is 10.1. The van der Waals surface area contributed by atoms with Crippen molar-refractivity contribution in [2.75, 3.05) is 31.7 Å². The van der Waals surface area contributed by atoms with E-state index in [2.05, 4.69) is 67.0 Å². The highest BCUT2D eigenvalue weighted by Gasteiger charge is 2.14. The minimum atomic E-state index is 0.662. The maximum atomic E-state index is 5.67. The highest BCUT2D eigenvalue weighted by atomic mass is 16.5. The van der Waals surface area contributed by atoms with Gasteiger partial charge in [0.1, 0.15) is 23.5 Å². The Morgan fingerprint density at radius 1 is 0.853 bits per heavy atom. The van der Waals surface area contributed by atoms with Gasteiger partial charge in [0.05, 0.1) is 24.3 Å². The molecular formula is C28H46N4O2. The molecule has 1 aromatic carbocycles. The van der Waals surface area contributed by atoms with E-state index in [0.717, 1.165) is 72.0 Å². The van der Waals surface area contributed by atoms with E-state index in [4.69, 9.17) is 9.47 Å². The number of aryl methyl sites for hydroxylation is 1. The van der Waals surface area contributed by atoms with Crippen LogP contribution in [0.1, 0.15) is 79.2 Å². The number of nitrogens with zero attached hydrogens (tertiary/aromatic N) is 2. The molecule has 34 heavy (non-hydrogen) atoms. The zero-order chi connectivity index (χ0) is 25.2. The molecule has 0 aliphatic carbocycles. The molecule has 0 saturated carbocycles. The van der Waals surface area contributed by atoms with E-state index in [-0.39, 0.29) is 0 Å². The van der Waals surface area contributed by atoms with Crippen LogP contribution in [0.4, 0.5) is 5.82 Å². The van der Waals surface area contributed by atoms with Gasteiger partial charge in [0.2, 0.25) is 0 Å². The van der Waals surface area contributed by atoms with Crippen molar-refractivity contribution in [2.45, 2.75) is 80.6 Å². The third kappa shape index (κ3) is 9.34. The Hall–Kier alpha value is -2.60. The summed E-state index contributed by atoms with van der Waals surface area (Å²) in [6.07, 6.45) is 7.69. The smallest absolute Gasteiger partial charge is 0.143 e. The number of benzene rings is 1. The van der Waals surface area contributed by atoms with E-state index in [0.29, 0.717) is 6.61 Å². The second kappa shape index (κ2) is 17.8. The largest absolute Gasteiger partial charge is 0.494 e. The van der Waals surface area contributed by atoms with Crippen molar-refractivity contribution < 1.29 is 9.47 Å². The lowest BCUT2D eigenvalue weighted by Crippen LogP contribution is -2.11. The van der Waals surface area contributed by atoms with Gasteiger partial charge in [-0.25, -0.2) is 9.97 Å². The van der Waals surface area contributed by atoms with Crippen LogP contribution >= 0.6 is 0 Å². The van der Waals surface area contributed by atoms with Crippen molar-refractivity contribution in [3.05, 3.63) is 36.2 Å². The van der Waals surface area contributed by atoms with Crippen LogP contribution in [0.3, 0.4) is 0 Å². The molecule has 3 aromatic rings. The standard InChI is InChI=1S/C21H28N4O2.C5H12.C2H6/c1-4-11-26-13-10-22-20-18-15(3)19(25-21(18)24-14-23-20)16-6-8-17(9-7-16)27-12-5-2;1-3-5-4-2;1-2/h6-9,14H,4-5,10-13H2,1-3H3,(H2,22,23,24,25);3-5H2,1-2H3;1-2H3. The Labute approximate surface area is 206 Å². The normalized spacial score (nSPS) is 10.2. The van der Waals surface area contributed by atoms with Crippen molar-refractivity contribution in [1.82, 2.24) is 15.0 Å². The molecule has 0 atom stereocenters. The lowest BCUT2D eigenvalue weighted by molar-refractivity contribution is 0.144. The molecule has 190 valence electrons. The molecule has 0 spiro atoms. The van der Waals surface area contributed by atoms with E-state index in [1.165, 1.54) is 19.3 Å². The van der Waals surface area contributed by atoms with E-state index < -0.39 is 0 Å². The van der Waals surface area contributed by atoms with Crippen LogP contribution in [0, 0.1) is 6.92 Å². The summed E-state index contributed by atoms with van der Waals surface area (Å²) >= 11 is 0. The number of aromatic amines is 1. The minimum absolute atomic E-state index is 0.662. The number of rotatable bonds is 12. The van der Waals surface area contributed by atoms with Gasteiger partial charge in [0.25, 0.3) is 0 Å². The fourth-order valence-corrected chi connectivity index (χ4v) is 3.37. The second-order valence-electron chi connectivity index (χ2n) is 7.84. The van der Waals surface area contributed by atoms with Gasteiger partial charge in [-0.1, -0.05) is 60.8 Å². The van der Waals surface area contributed by atoms with Gasteiger partial charge in [-0.2, -0.15) is 0 Å². The van der Waals surface area contributed by atoms with E-state index in [9.17, 15) is 0 Å². The first-order valence-electron chi connectivity index (χ1n) is 13.0. The van der Waals surface area contributed by atoms with Gasteiger partial charge in [-0.15, -0.1) is 0 Å². The van der Waals surface area contributed by atoms with E-state index in [1.54, 1.807) is 6.33 Å². The third-order valence-electron chi connectivity index (χ3n) is 5.05. The maximum absolute atomic E-state index is 5.67. The summed E-state index contributed by atoms with van der Waals surface area (Å²) in [7, 11) is 0. The Kier molecular flexibility index (Phi) is 15.4. The zero-order valence-corrected chi connectivity index (χ0v) is 22.5. The number of aromatic nitrogens is 3. The fraction of sp³-hybridized carbons (Fsp3) is 0.571. The van der Waals surface area contributed by atoms with Crippen molar-refractivity contribution in [3.8, 4) is 17.0 Å². The predicted molar refractivity (Wildman–Crippen MR) is 146 cm³/mol. The number of hydrogen-bond acceptors (Lipinski definition) is 5. The Morgan fingerprint density at radius 2 is 1.53 bits per heavy atom. The fourth-order valence-electron chi connectivity index (χ4n) is 3.37. The first kappa shape index (κ1) is 29.4. The van der Waals surface area contributed by atoms with Crippen LogP contribution < -0.4 is 10.1 Å². The van der Waals surface area contributed by atoms with Crippen LogP contribution in [0.2, 0.25) is 0 Å². The predicted octanol–water partition coefficient (Wildman–Crippen LogP) is 7.78. The van der Waals surface area contributed by atoms with Crippen molar-refractivity contribution in [2.24, 2.45) is 0 Å². The van der Waals surface area contributed by atoms with E-state index >= 15 is 0 Å². The van der Waals surface area contributed by atoms with Gasteiger partial charge in [0, 0.05) is 13.2 Å². The highest BCUT2D eigenvalue weighted by molar-refractivity contribution is 5.95. The number of hydrogen-bond donors (Lipinski definition) is 2. The molecule has 2 aromatic heterocycles. The molecule has 2 N–H and O–H groups in total. The Bertz CT molecular complexity index is 905. The average molecular weight is 471 g/mol. The summed E-state index contributed by atoms with van der Waals surface area (Å²) < 4.78 is 11.2. The van der Waals surface area contributed by atoms with Crippen LogP contribution in [-0.4, -0.2) is 41.3 Å². The number of fused-ring (bicyclic) bond motifs is 1. The number of nitrogens with one attached hydrogen (secondary N) is 2. The lowest BCUT2D eigenvalue weighted by Gasteiger charge is -2.08. The SMILES string of the molecule is CC.CCCCC.CCCOCCNc1ncnc2[nH]c(-c3ccc(OCCC)cc3)c(C)c12. The molecule has 0 amide bonds. The van der Waals surface area contributed by atoms with Crippen LogP contribution in [0.15, 0.2) is 30.6 Å². The molecule has 2 heterocycles. The molecular weight excluding hydrogens is 424 g/mol. The third-order valence-corrected chi connectivity index (χ3v) is 5.05. The molecule has 3 rings (SSSR count). The van der Waals surface area contributed by atoms with Crippen molar-refractivity contribution >= 4 is 16.9 Å². The maximum Gasteiger partial charge on any atom is 0.143 e. The molecule has 0 aliphatic rings. The van der Waals surface area contributed by atoms with Gasteiger partial charge < -0.3 is 19.8 Å². The van der Waals surface area contributed by atoms with Gasteiger partial charge in [-0.05, 0) is 55.2 Å². The topological polar surface area (TPSA) is 72.1 Å². The Morgan fingerprint density at radius 3 is 2.12 bits per heavy atom. The van der Waals surface area contributed by atoms with Gasteiger partial charge >= 0.3 is 0 Å². The monoisotopic (exact) mass is 470 g/mol. The summed E-state index contributed by atoms with van der Waals surface area (Å²) in [4.78, 5) is 12.3. The first-order chi connectivity index (χ1) is 16.7. The molecule has 0 fully saturated rings. The van der Waals surface area contributed by atoms with Crippen LogP contribution in [0.25, 0.3) is 22.3 Å². The van der Waals surface area contributed by atoms with Crippen molar-refractivity contribution in [1.29, 1.82) is 0 Å². The molecule has 6 nitrogen and oxygen atoms in total. The molecule has 0 unspecified atom stereocenters. The van der Waals surface area contributed by atoms with Gasteiger partial charge in [-0.3, -0.25) is 0 Å². The Balaban J connectivity index is 0.000000733. The minimum Gasteiger partial charge on any atom is -0.494 e. The molecule has 0 aliphatic heterocycles. The first-order valence-corrected chi connectivity index (χ1v) is 13.0. The molecule has 0 radical (unpaired) electrons. The molecule has 0 saturated heterocycles. The summed E-state index contributed by atoms with van der Waals surface area (Å²) in [5.74, 6) is 1.73. The van der Waals surface area contributed by atoms with Crippen LogP contribution in [-0.2, 0) is 4.74 Å².